The van der Waals surface area contributed by atoms with E-state index in [0.717, 1.165) is 15.5 Å². The van der Waals surface area contributed by atoms with Gasteiger partial charge in [0.1, 0.15) is 17.2 Å². The van der Waals surface area contributed by atoms with E-state index in [1.54, 1.807) is 18.2 Å². The van der Waals surface area contributed by atoms with Gasteiger partial charge in [-0.2, -0.15) is 13.2 Å². The highest BCUT2D eigenvalue weighted by atomic mass is 19.4. The molecule has 42 heavy (non-hydrogen) atoms. The molecule has 3 heterocycles. The molecule has 0 saturated carbocycles. The Kier molecular flexibility index (Phi) is 8.06. The first-order chi connectivity index (χ1) is 20.0. The van der Waals surface area contributed by atoms with Crippen molar-refractivity contribution in [1.82, 2.24) is 4.57 Å². The highest BCUT2D eigenvalue weighted by molar-refractivity contribution is 5.91. The van der Waals surface area contributed by atoms with E-state index >= 15 is 0 Å². The van der Waals surface area contributed by atoms with Gasteiger partial charge in [-0.3, -0.25) is 14.3 Å². The van der Waals surface area contributed by atoms with Crippen LogP contribution in [-0.2, 0) is 17.3 Å². The molecule has 5 rings (SSSR count). The molecule has 10 nitrogen and oxygen atoms in total. The lowest BCUT2D eigenvalue weighted by molar-refractivity contribution is -0.137. The van der Waals surface area contributed by atoms with Crippen LogP contribution in [0.15, 0.2) is 47.4 Å². The first-order valence-electron chi connectivity index (χ1n) is 13.3. The third kappa shape index (κ3) is 5.49. The minimum Gasteiger partial charge on any atom is -0.497 e. The minimum absolute atomic E-state index is 0.0206. The Balaban J connectivity index is 1.73. The van der Waals surface area contributed by atoms with Gasteiger partial charge in [0.05, 0.1) is 44.8 Å². The molecule has 2 aliphatic heterocycles. The lowest BCUT2D eigenvalue weighted by atomic mass is 9.99. The van der Waals surface area contributed by atoms with Gasteiger partial charge >= 0.3 is 12.3 Å². The van der Waals surface area contributed by atoms with Crippen molar-refractivity contribution in [1.29, 1.82) is 0 Å². The van der Waals surface area contributed by atoms with E-state index in [1.165, 1.54) is 32.5 Å². The molecule has 13 heteroatoms. The summed E-state index contributed by atoms with van der Waals surface area (Å²) < 4.78 is 60.3. The number of alkyl halides is 3. The number of aromatic nitrogens is 1. The quantitative estimate of drug-likeness (QED) is 0.403. The Hall–Kier alpha value is -4.23. The van der Waals surface area contributed by atoms with Gasteiger partial charge < -0.3 is 29.3 Å². The molecule has 0 spiro atoms. The Labute approximate surface area is 239 Å². The molecule has 2 aromatic carbocycles. The van der Waals surface area contributed by atoms with Gasteiger partial charge in [0.25, 0.3) is 5.56 Å². The highest BCUT2D eigenvalue weighted by Crippen LogP contribution is 2.40. The zero-order valence-electron chi connectivity index (χ0n) is 23.0. The molecule has 0 radical (unpaired) electrons. The summed E-state index contributed by atoms with van der Waals surface area (Å²) in [6.07, 6.45) is -4.26. The van der Waals surface area contributed by atoms with Crippen LogP contribution >= 0.6 is 0 Å². The van der Waals surface area contributed by atoms with Crippen molar-refractivity contribution in [2.24, 2.45) is 0 Å². The standard InChI is InChI=1S/C29H30F3N3O7/c1-40-20-11-17(12-21(14-20)41-2)23-16-35(27(37)26-22(23)6-8-34(26)28(38)39)25-13-18(3-4-24(25)29(30,31)32)33-7-5-19(15-33)42-10-9-36/h3-4,11-14,16,19,36H,5-10,15H2,1-2H3,(H,38,39)/t19-/m0/s1. The highest BCUT2D eigenvalue weighted by Gasteiger charge is 2.37. The number of pyridine rings is 1. The summed E-state index contributed by atoms with van der Waals surface area (Å²) in [4.78, 5) is 28.7. The SMILES string of the molecule is COc1cc(OC)cc(-c2cn(-c3cc(N4CC[C@H](OCCO)C4)ccc3C(F)(F)F)c(=O)c3c2CCN3C(=O)O)c1. The Morgan fingerprint density at radius 3 is 2.40 bits per heavy atom. The van der Waals surface area contributed by atoms with Crippen LogP contribution in [0.3, 0.4) is 0 Å². The first kappa shape index (κ1) is 29.3. The number of carboxylic acid groups (broad SMARTS) is 1. The van der Waals surface area contributed by atoms with Crippen molar-refractivity contribution in [2.75, 3.05) is 56.9 Å². The van der Waals surface area contributed by atoms with Crippen molar-refractivity contribution in [3.05, 3.63) is 64.1 Å². The lowest BCUT2D eigenvalue weighted by Gasteiger charge is -2.23. The summed E-state index contributed by atoms with van der Waals surface area (Å²) in [5.74, 6) is 0.822. The van der Waals surface area contributed by atoms with E-state index < -0.39 is 29.1 Å². The van der Waals surface area contributed by atoms with Crippen molar-refractivity contribution in [3.8, 4) is 28.3 Å². The molecule has 2 N–H and O–H groups in total. The number of halogens is 3. The smallest absolute Gasteiger partial charge is 0.418 e. The van der Waals surface area contributed by atoms with Crippen LogP contribution < -0.4 is 24.8 Å². The second-order valence-corrected chi connectivity index (χ2v) is 9.98. The molecule has 1 fully saturated rings. The number of hydrogen-bond donors (Lipinski definition) is 2. The average Bonchev–Trinajstić information content (AvgIpc) is 3.63. The maximum atomic E-state index is 14.4. The number of methoxy groups -OCH3 is 2. The van der Waals surface area contributed by atoms with E-state index in [-0.39, 0.29) is 38.0 Å². The predicted octanol–water partition coefficient (Wildman–Crippen LogP) is 4.17. The summed E-state index contributed by atoms with van der Waals surface area (Å²) in [7, 11) is 2.91. The summed E-state index contributed by atoms with van der Waals surface area (Å²) in [6.45, 7) is 0.886. The number of amides is 1. The van der Waals surface area contributed by atoms with E-state index in [4.69, 9.17) is 19.3 Å². The fourth-order valence-corrected chi connectivity index (χ4v) is 5.56. The van der Waals surface area contributed by atoms with Crippen molar-refractivity contribution in [3.63, 3.8) is 0 Å². The molecular weight excluding hydrogens is 559 g/mol. The average molecular weight is 590 g/mol. The van der Waals surface area contributed by atoms with E-state index in [2.05, 4.69) is 0 Å². The third-order valence-corrected chi connectivity index (χ3v) is 7.54. The van der Waals surface area contributed by atoms with Crippen molar-refractivity contribution < 1.29 is 42.4 Å². The van der Waals surface area contributed by atoms with E-state index in [0.29, 0.717) is 53.4 Å². The van der Waals surface area contributed by atoms with Gasteiger partial charge in [0, 0.05) is 43.1 Å². The number of carbonyl (C=O) groups is 1. The van der Waals surface area contributed by atoms with Gasteiger partial charge in [-0.25, -0.2) is 4.79 Å². The van der Waals surface area contributed by atoms with Crippen LogP contribution in [0.5, 0.6) is 11.5 Å². The number of aliphatic hydroxyl groups excluding tert-OH is 1. The van der Waals surface area contributed by atoms with Gasteiger partial charge in [-0.15, -0.1) is 0 Å². The van der Waals surface area contributed by atoms with Gasteiger partial charge in [-0.05, 0) is 54.3 Å². The molecule has 224 valence electrons. The Bertz CT molecular complexity index is 1530. The molecular formula is C29H30F3N3O7. The van der Waals surface area contributed by atoms with Gasteiger partial charge in [0.15, 0.2) is 0 Å². The van der Waals surface area contributed by atoms with Crippen LogP contribution in [0, 0.1) is 0 Å². The number of anilines is 2. The van der Waals surface area contributed by atoms with Crippen LogP contribution in [0.2, 0.25) is 0 Å². The monoisotopic (exact) mass is 589 g/mol. The number of nitrogens with zero attached hydrogens (tertiary/aromatic N) is 3. The number of ether oxygens (including phenoxy) is 3. The summed E-state index contributed by atoms with van der Waals surface area (Å²) in [6, 6.07) is 8.48. The van der Waals surface area contributed by atoms with E-state index in [9.17, 15) is 27.9 Å². The maximum absolute atomic E-state index is 14.4. The minimum atomic E-state index is -4.81. The number of hydrogen-bond acceptors (Lipinski definition) is 7. The normalized spacial score (nSPS) is 16.6. The molecule has 0 aliphatic carbocycles. The van der Waals surface area contributed by atoms with Gasteiger partial charge in [0.2, 0.25) is 0 Å². The molecule has 3 aromatic rings. The fourth-order valence-electron chi connectivity index (χ4n) is 5.56. The second kappa shape index (κ2) is 11.6. The van der Waals surface area contributed by atoms with E-state index in [1.807, 2.05) is 4.90 Å². The Morgan fingerprint density at radius 1 is 1.07 bits per heavy atom. The molecule has 1 saturated heterocycles. The van der Waals surface area contributed by atoms with Crippen LogP contribution in [0.4, 0.5) is 29.3 Å². The number of aliphatic hydroxyl groups is 1. The van der Waals surface area contributed by atoms with Gasteiger partial charge in [-0.1, -0.05) is 0 Å². The third-order valence-electron chi connectivity index (χ3n) is 7.54. The molecule has 0 bridgehead atoms. The Morgan fingerprint density at radius 2 is 1.79 bits per heavy atom. The second-order valence-electron chi connectivity index (χ2n) is 9.98. The van der Waals surface area contributed by atoms with Crippen molar-refractivity contribution in [2.45, 2.75) is 25.1 Å². The number of fused-ring (bicyclic) bond motifs is 1. The zero-order chi connectivity index (χ0) is 30.2. The predicted molar refractivity (Wildman–Crippen MR) is 148 cm³/mol. The molecule has 2 aliphatic rings. The molecule has 1 amide bonds. The maximum Gasteiger partial charge on any atom is 0.418 e. The molecule has 1 atom stereocenters. The fraction of sp³-hybridized carbons (Fsp3) is 0.379. The van der Waals surface area contributed by atoms with Crippen LogP contribution in [0.25, 0.3) is 16.8 Å². The molecule has 0 unspecified atom stereocenters. The lowest BCUT2D eigenvalue weighted by Crippen LogP contribution is -2.33. The van der Waals surface area contributed by atoms with Crippen LogP contribution in [-0.4, -0.2) is 74.0 Å². The largest absolute Gasteiger partial charge is 0.497 e. The number of rotatable bonds is 8. The molecule has 1 aromatic heterocycles. The number of benzene rings is 2. The summed E-state index contributed by atoms with van der Waals surface area (Å²) in [5.41, 5.74) is -0.840. The summed E-state index contributed by atoms with van der Waals surface area (Å²) >= 11 is 0. The van der Waals surface area contributed by atoms with Crippen molar-refractivity contribution >= 4 is 17.5 Å². The topological polar surface area (TPSA) is 114 Å². The zero-order valence-corrected chi connectivity index (χ0v) is 23.0. The van der Waals surface area contributed by atoms with Crippen LogP contribution in [0.1, 0.15) is 17.5 Å². The first-order valence-corrected chi connectivity index (χ1v) is 13.3. The summed E-state index contributed by atoms with van der Waals surface area (Å²) in [5, 5.41) is 18.9.